The van der Waals surface area contributed by atoms with Crippen LogP contribution < -0.4 is 5.32 Å². The van der Waals surface area contributed by atoms with E-state index in [1.807, 2.05) is 97.9 Å². The Morgan fingerprint density at radius 1 is 1.00 bits per heavy atom. The molecule has 32 heavy (non-hydrogen) atoms. The highest BCUT2D eigenvalue weighted by Gasteiger charge is 2.52. The molecule has 1 aliphatic heterocycles. The molecule has 4 atom stereocenters. The van der Waals surface area contributed by atoms with Crippen LogP contribution in [-0.2, 0) is 20.4 Å². The summed E-state index contributed by atoms with van der Waals surface area (Å²) in [5.74, 6) is -0.867. The summed E-state index contributed by atoms with van der Waals surface area (Å²) in [7, 11) is -1.72. The van der Waals surface area contributed by atoms with E-state index >= 15 is 0 Å². The zero-order chi connectivity index (χ0) is 22.6. The summed E-state index contributed by atoms with van der Waals surface area (Å²) in [6.07, 6.45) is -1.02. The Kier molecular flexibility index (Phi) is 6.75. The predicted octanol–water partition coefficient (Wildman–Crippen LogP) is 5.90. The lowest BCUT2D eigenvalue weighted by Crippen LogP contribution is -2.33. The first kappa shape index (κ1) is 22.3. The van der Waals surface area contributed by atoms with Gasteiger partial charge in [0.1, 0.15) is 18.5 Å². The van der Waals surface area contributed by atoms with Gasteiger partial charge >= 0.3 is 6.09 Å². The van der Waals surface area contributed by atoms with Crippen LogP contribution in [0.1, 0.15) is 35.5 Å². The molecule has 7 heteroatoms. The lowest BCUT2D eigenvalue weighted by Gasteiger charge is -2.29. The minimum absolute atomic E-state index is 0.123. The molecule has 1 fully saturated rings. The average Bonchev–Trinajstić information content (AvgIpc) is 3.08. The van der Waals surface area contributed by atoms with Crippen LogP contribution in [-0.4, -0.2) is 23.9 Å². The Balaban J connectivity index is 1.59. The molecule has 0 saturated carbocycles. The molecule has 2 unspecified atom stereocenters. The van der Waals surface area contributed by atoms with Crippen molar-refractivity contribution in [2.24, 2.45) is 0 Å². The molecular formula is C25H27N2O4P. The van der Waals surface area contributed by atoms with Gasteiger partial charge in [0.25, 0.3) is 7.52 Å². The highest BCUT2D eigenvalue weighted by Crippen LogP contribution is 2.69. The SMILES string of the molecule is C[C@H]1[C@@H](c2ccccc2)OP(=O)(C(NC(=O)OCc2ccccc2)c2ccccc2)N1C. The number of nitrogens with one attached hydrogen (secondary N) is 1. The van der Waals surface area contributed by atoms with Gasteiger partial charge in [0.2, 0.25) is 0 Å². The number of likely N-dealkylation sites (N-methyl/N-ethyl adjacent to an activating group) is 1. The summed E-state index contributed by atoms with van der Waals surface area (Å²) in [6.45, 7) is 2.10. The summed E-state index contributed by atoms with van der Waals surface area (Å²) in [6, 6.07) is 28.2. The van der Waals surface area contributed by atoms with E-state index in [-0.39, 0.29) is 18.8 Å². The Morgan fingerprint density at radius 2 is 1.56 bits per heavy atom. The molecule has 4 rings (SSSR count). The topological polar surface area (TPSA) is 67.9 Å². The van der Waals surface area contributed by atoms with Crippen LogP contribution in [0.3, 0.4) is 0 Å². The Morgan fingerprint density at radius 3 is 2.19 bits per heavy atom. The van der Waals surface area contributed by atoms with Gasteiger partial charge in [0.15, 0.2) is 0 Å². The van der Waals surface area contributed by atoms with E-state index in [4.69, 9.17) is 9.26 Å². The molecule has 0 aliphatic carbocycles. The predicted molar refractivity (Wildman–Crippen MR) is 124 cm³/mol. The molecule has 1 amide bonds. The van der Waals surface area contributed by atoms with E-state index in [2.05, 4.69) is 5.32 Å². The van der Waals surface area contributed by atoms with Crippen LogP contribution in [0.2, 0.25) is 0 Å². The van der Waals surface area contributed by atoms with E-state index in [1.54, 1.807) is 11.7 Å². The Hall–Kier alpha value is -2.92. The lowest BCUT2D eigenvalue weighted by atomic mass is 10.0. The molecule has 0 spiro atoms. The molecule has 1 saturated heterocycles. The summed E-state index contributed by atoms with van der Waals surface area (Å²) < 4.78 is 27.7. The van der Waals surface area contributed by atoms with Crippen LogP contribution in [0.15, 0.2) is 91.0 Å². The first-order valence-electron chi connectivity index (χ1n) is 10.6. The number of amides is 1. The fraction of sp³-hybridized carbons (Fsp3) is 0.240. The van der Waals surface area contributed by atoms with Gasteiger partial charge < -0.3 is 14.6 Å². The van der Waals surface area contributed by atoms with E-state index in [0.717, 1.165) is 11.1 Å². The molecule has 0 bridgehead atoms. The maximum Gasteiger partial charge on any atom is 0.408 e. The van der Waals surface area contributed by atoms with Crippen molar-refractivity contribution < 1.29 is 18.6 Å². The number of alkyl carbamates (subject to hydrolysis) is 1. The molecule has 3 aromatic carbocycles. The number of benzene rings is 3. The van der Waals surface area contributed by atoms with Crippen LogP contribution in [0.5, 0.6) is 0 Å². The second-order valence-electron chi connectivity index (χ2n) is 7.83. The van der Waals surface area contributed by atoms with Gasteiger partial charge in [-0.05, 0) is 30.7 Å². The van der Waals surface area contributed by atoms with E-state index in [0.29, 0.717) is 5.56 Å². The zero-order valence-corrected chi connectivity index (χ0v) is 19.0. The molecule has 1 aliphatic rings. The fourth-order valence-corrected chi connectivity index (χ4v) is 6.57. The van der Waals surface area contributed by atoms with Crippen LogP contribution in [0.4, 0.5) is 4.79 Å². The van der Waals surface area contributed by atoms with Gasteiger partial charge in [-0.1, -0.05) is 91.0 Å². The summed E-state index contributed by atoms with van der Waals surface area (Å²) in [5, 5.41) is 2.82. The third-order valence-corrected chi connectivity index (χ3v) is 8.62. The molecular weight excluding hydrogens is 423 g/mol. The second kappa shape index (κ2) is 9.70. The average molecular weight is 450 g/mol. The number of rotatable bonds is 6. The number of hydrogen-bond donors (Lipinski definition) is 1. The van der Waals surface area contributed by atoms with Crippen molar-refractivity contribution in [3.05, 3.63) is 108 Å². The van der Waals surface area contributed by atoms with Gasteiger partial charge in [0.05, 0.1) is 0 Å². The molecule has 6 nitrogen and oxygen atoms in total. The maximum atomic E-state index is 14.3. The minimum Gasteiger partial charge on any atom is -0.445 e. The van der Waals surface area contributed by atoms with Crippen LogP contribution >= 0.6 is 7.52 Å². The Bertz CT molecular complexity index is 1080. The van der Waals surface area contributed by atoms with Crippen molar-refractivity contribution in [2.45, 2.75) is 31.5 Å². The van der Waals surface area contributed by atoms with Crippen molar-refractivity contribution in [1.82, 2.24) is 9.99 Å². The quantitative estimate of drug-likeness (QED) is 0.474. The third kappa shape index (κ3) is 4.63. The standard InChI is InChI=1S/C25H27N2O4P/c1-19-23(21-14-8-4-9-15-21)31-32(29,27(19)2)24(22-16-10-5-11-17-22)26-25(28)30-18-20-12-6-3-7-13-20/h3-17,19,23-24H,18H2,1-2H3,(H,26,28)/t19-,23-,24?,32?/m0/s1. The molecule has 1 N–H and O–H groups in total. The number of ether oxygens (including phenoxy) is 1. The molecule has 0 radical (unpaired) electrons. The fourth-order valence-electron chi connectivity index (χ4n) is 3.87. The minimum atomic E-state index is -3.50. The first-order valence-corrected chi connectivity index (χ1v) is 12.2. The first-order chi connectivity index (χ1) is 15.5. The highest BCUT2D eigenvalue weighted by molar-refractivity contribution is 7.57. The van der Waals surface area contributed by atoms with Crippen molar-refractivity contribution in [3.63, 3.8) is 0 Å². The highest BCUT2D eigenvalue weighted by atomic mass is 31.2. The number of carbonyl (C=O) groups excluding carboxylic acids is 1. The van der Waals surface area contributed by atoms with Crippen LogP contribution in [0.25, 0.3) is 0 Å². The van der Waals surface area contributed by atoms with Crippen LogP contribution in [0, 0.1) is 0 Å². The van der Waals surface area contributed by atoms with E-state index < -0.39 is 19.4 Å². The summed E-state index contributed by atoms with van der Waals surface area (Å²) in [5.41, 5.74) is 2.51. The zero-order valence-electron chi connectivity index (χ0n) is 18.1. The molecule has 166 valence electrons. The smallest absolute Gasteiger partial charge is 0.408 e. The van der Waals surface area contributed by atoms with Crippen molar-refractivity contribution in [1.29, 1.82) is 0 Å². The number of hydrogen-bond acceptors (Lipinski definition) is 4. The van der Waals surface area contributed by atoms with Crippen molar-refractivity contribution >= 4 is 13.6 Å². The van der Waals surface area contributed by atoms with Crippen molar-refractivity contribution in [2.75, 3.05) is 7.05 Å². The summed E-state index contributed by atoms with van der Waals surface area (Å²) >= 11 is 0. The number of nitrogens with zero attached hydrogens (tertiary/aromatic N) is 1. The lowest BCUT2D eigenvalue weighted by molar-refractivity contribution is 0.137. The molecule has 3 aromatic rings. The van der Waals surface area contributed by atoms with Gasteiger partial charge in [0, 0.05) is 6.04 Å². The Labute approximate surface area is 188 Å². The summed E-state index contributed by atoms with van der Waals surface area (Å²) in [4.78, 5) is 12.7. The monoisotopic (exact) mass is 450 g/mol. The normalized spacial score (nSPS) is 24.1. The largest absolute Gasteiger partial charge is 0.445 e. The molecule has 1 heterocycles. The number of carbonyl (C=O) groups is 1. The van der Waals surface area contributed by atoms with Gasteiger partial charge in [-0.25, -0.2) is 9.46 Å². The van der Waals surface area contributed by atoms with E-state index in [9.17, 15) is 9.36 Å². The van der Waals surface area contributed by atoms with E-state index in [1.165, 1.54) is 0 Å². The van der Waals surface area contributed by atoms with Gasteiger partial charge in [-0.3, -0.25) is 4.57 Å². The van der Waals surface area contributed by atoms with Gasteiger partial charge in [-0.15, -0.1) is 0 Å². The second-order valence-corrected chi connectivity index (χ2v) is 10.3. The third-order valence-electron chi connectivity index (χ3n) is 5.77. The maximum absolute atomic E-state index is 14.3. The van der Waals surface area contributed by atoms with Gasteiger partial charge in [-0.2, -0.15) is 0 Å². The van der Waals surface area contributed by atoms with Crippen molar-refractivity contribution in [3.8, 4) is 0 Å². The molecule has 0 aromatic heterocycles.